The maximum atomic E-state index is 11.9. The zero-order valence-electron chi connectivity index (χ0n) is 12.5. The number of nitrogens with zero attached hydrogens (tertiary/aromatic N) is 2. The summed E-state index contributed by atoms with van der Waals surface area (Å²) < 4.78 is 5.27. The summed E-state index contributed by atoms with van der Waals surface area (Å²) >= 11 is 7.50. The van der Waals surface area contributed by atoms with Crippen molar-refractivity contribution in [3.05, 3.63) is 44.9 Å². The van der Waals surface area contributed by atoms with Gasteiger partial charge in [0.2, 0.25) is 5.91 Å². The van der Waals surface area contributed by atoms with Crippen molar-refractivity contribution in [2.45, 2.75) is 20.3 Å². The van der Waals surface area contributed by atoms with E-state index in [1.165, 1.54) is 11.3 Å². The van der Waals surface area contributed by atoms with Gasteiger partial charge in [0, 0.05) is 16.0 Å². The van der Waals surface area contributed by atoms with Crippen LogP contribution in [0.4, 0.5) is 0 Å². The Balaban J connectivity index is 2.06. The first-order chi connectivity index (χ1) is 10.5. The quantitative estimate of drug-likeness (QED) is 0.673. The minimum atomic E-state index is -0.217. The first kappa shape index (κ1) is 16.5. The number of ether oxygens (including phenoxy) is 1. The second kappa shape index (κ2) is 7.38. The zero-order valence-corrected chi connectivity index (χ0v) is 14.1. The Bertz CT molecular complexity index is 713. The van der Waals surface area contributed by atoms with Gasteiger partial charge in [-0.15, -0.1) is 11.3 Å². The van der Waals surface area contributed by atoms with Crippen molar-refractivity contribution >= 4 is 34.6 Å². The number of hydrogen-bond donors (Lipinski definition) is 1. The van der Waals surface area contributed by atoms with E-state index in [0.29, 0.717) is 16.5 Å². The lowest BCUT2D eigenvalue weighted by Crippen LogP contribution is -2.21. The van der Waals surface area contributed by atoms with Crippen LogP contribution >= 0.6 is 22.9 Å². The molecule has 0 aliphatic heterocycles. The number of methoxy groups -OCH3 is 1. The Morgan fingerprint density at radius 1 is 1.50 bits per heavy atom. The van der Waals surface area contributed by atoms with Crippen LogP contribution in [0.5, 0.6) is 5.75 Å². The molecule has 7 heteroatoms. The average Bonchev–Trinajstić information content (AvgIpc) is 2.89. The largest absolute Gasteiger partial charge is 0.496 e. The molecule has 116 valence electrons. The third-order valence-electron chi connectivity index (χ3n) is 2.91. The van der Waals surface area contributed by atoms with Crippen molar-refractivity contribution < 1.29 is 9.53 Å². The lowest BCUT2D eigenvalue weighted by atomic mass is 10.1. The molecule has 0 saturated heterocycles. The zero-order chi connectivity index (χ0) is 16.1. The molecule has 1 amide bonds. The predicted molar refractivity (Wildman–Crippen MR) is 88.9 cm³/mol. The molecule has 2 rings (SSSR count). The molecular formula is C15H16ClN3O2S. The molecule has 2 aromatic rings. The number of amides is 1. The van der Waals surface area contributed by atoms with E-state index in [1.54, 1.807) is 32.2 Å². The summed E-state index contributed by atoms with van der Waals surface area (Å²) in [5.41, 5.74) is 4.62. The summed E-state index contributed by atoms with van der Waals surface area (Å²) in [6.45, 7) is 3.68. The highest BCUT2D eigenvalue weighted by atomic mass is 35.5. The van der Waals surface area contributed by atoms with E-state index in [-0.39, 0.29) is 12.3 Å². The molecule has 5 nitrogen and oxygen atoms in total. The third-order valence-corrected chi connectivity index (χ3v) is 3.97. The Morgan fingerprint density at radius 3 is 2.91 bits per heavy atom. The number of halogens is 1. The highest BCUT2D eigenvalue weighted by Crippen LogP contribution is 2.23. The SMILES string of the molecule is COc1ccc(Cl)cc1/C(C)=N\NC(=O)Cc1csc(C)n1. The predicted octanol–water partition coefficient (Wildman–Crippen LogP) is 3.20. The van der Waals surface area contributed by atoms with Crippen LogP contribution in [0.25, 0.3) is 0 Å². The molecule has 0 bridgehead atoms. The van der Waals surface area contributed by atoms with Gasteiger partial charge in [-0.05, 0) is 32.0 Å². The number of carbonyl (C=O) groups excluding carboxylic acids is 1. The molecule has 1 heterocycles. The number of aromatic nitrogens is 1. The van der Waals surface area contributed by atoms with Gasteiger partial charge in [0.15, 0.2) is 0 Å². The summed E-state index contributed by atoms with van der Waals surface area (Å²) in [6.07, 6.45) is 0.202. The minimum Gasteiger partial charge on any atom is -0.496 e. The summed E-state index contributed by atoms with van der Waals surface area (Å²) in [6, 6.07) is 5.24. The number of carbonyl (C=O) groups is 1. The number of aryl methyl sites for hydroxylation is 1. The molecule has 1 N–H and O–H groups in total. The monoisotopic (exact) mass is 337 g/mol. The molecule has 0 aliphatic carbocycles. The van der Waals surface area contributed by atoms with Gasteiger partial charge in [-0.1, -0.05) is 11.6 Å². The second-order valence-corrected chi connectivity index (χ2v) is 6.11. The first-order valence-electron chi connectivity index (χ1n) is 6.57. The van der Waals surface area contributed by atoms with Crippen LogP contribution in [0.15, 0.2) is 28.7 Å². The van der Waals surface area contributed by atoms with E-state index >= 15 is 0 Å². The summed E-state index contributed by atoms with van der Waals surface area (Å²) in [5.74, 6) is 0.431. The van der Waals surface area contributed by atoms with Gasteiger partial charge in [0.05, 0.1) is 29.9 Å². The summed E-state index contributed by atoms with van der Waals surface area (Å²) in [5, 5.41) is 7.48. The van der Waals surface area contributed by atoms with Crippen LogP contribution in [0.3, 0.4) is 0 Å². The van der Waals surface area contributed by atoms with Gasteiger partial charge in [-0.25, -0.2) is 10.4 Å². The van der Waals surface area contributed by atoms with E-state index in [4.69, 9.17) is 16.3 Å². The van der Waals surface area contributed by atoms with Gasteiger partial charge in [-0.2, -0.15) is 5.10 Å². The van der Waals surface area contributed by atoms with Crippen molar-refractivity contribution in [2.24, 2.45) is 5.10 Å². The van der Waals surface area contributed by atoms with Crippen molar-refractivity contribution in [2.75, 3.05) is 7.11 Å². The van der Waals surface area contributed by atoms with Crippen LogP contribution in [0, 0.1) is 6.92 Å². The number of rotatable bonds is 5. The number of nitrogens with one attached hydrogen (secondary N) is 1. The Kier molecular flexibility index (Phi) is 5.51. The van der Waals surface area contributed by atoms with Crippen molar-refractivity contribution in [1.29, 1.82) is 0 Å². The molecule has 1 aromatic carbocycles. The third kappa shape index (κ3) is 4.29. The number of thiazole rings is 1. The smallest absolute Gasteiger partial charge is 0.246 e. The molecule has 22 heavy (non-hydrogen) atoms. The highest BCUT2D eigenvalue weighted by molar-refractivity contribution is 7.09. The van der Waals surface area contributed by atoms with Crippen molar-refractivity contribution in [3.63, 3.8) is 0 Å². The molecule has 0 unspecified atom stereocenters. The topological polar surface area (TPSA) is 63.6 Å². The maximum Gasteiger partial charge on any atom is 0.246 e. The Labute approximate surface area is 138 Å². The molecular weight excluding hydrogens is 322 g/mol. The lowest BCUT2D eigenvalue weighted by Gasteiger charge is -2.08. The normalized spacial score (nSPS) is 11.4. The van der Waals surface area contributed by atoms with Gasteiger partial charge in [0.25, 0.3) is 0 Å². The Morgan fingerprint density at radius 2 is 2.27 bits per heavy atom. The molecule has 0 aliphatic rings. The molecule has 0 radical (unpaired) electrons. The summed E-state index contributed by atoms with van der Waals surface area (Å²) in [7, 11) is 1.57. The minimum absolute atomic E-state index is 0.202. The number of hydrogen-bond acceptors (Lipinski definition) is 5. The fourth-order valence-corrected chi connectivity index (χ4v) is 2.65. The van der Waals surface area contributed by atoms with Crippen molar-refractivity contribution in [1.82, 2.24) is 10.4 Å². The van der Waals surface area contributed by atoms with Crippen LogP contribution in [0.2, 0.25) is 5.02 Å². The second-order valence-electron chi connectivity index (χ2n) is 4.61. The van der Waals surface area contributed by atoms with Crippen LogP contribution in [-0.2, 0) is 11.2 Å². The maximum absolute atomic E-state index is 11.9. The molecule has 0 atom stereocenters. The number of hydrazone groups is 1. The van der Waals surface area contributed by atoms with Crippen LogP contribution in [-0.4, -0.2) is 23.7 Å². The fourth-order valence-electron chi connectivity index (χ4n) is 1.86. The van der Waals surface area contributed by atoms with Crippen LogP contribution in [0.1, 0.15) is 23.2 Å². The molecule has 0 saturated carbocycles. The van der Waals surface area contributed by atoms with Gasteiger partial charge < -0.3 is 4.74 Å². The lowest BCUT2D eigenvalue weighted by molar-refractivity contribution is -0.120. The van der Waals surface area contributed by atoms with E-state index < -0.39 is 0 Å². The van der Waals surface area contributed by atoms with E-state index in [2.05, 4.69) is 15.5 Å². The standard InChI is InChI=1S/C15H16ClN3O2S/c1-9(13-6-11(16)4-5-14(13)21-3)18-19-15(20)7-12-8-22-10(2)17-12/h4-6,8H,7H2,1-3H3,(H,19,20)/b18-9-. The van der Waals surface area contributed by atoms with Gasteiger partial charge in [-0.3, -0.25) is 4.79 Å². The average molecular weight is 338 g/mol. The molecule has 0 fully saturated rings. The van der Waals surface area contributed by atoms with Gasteiger partial charge in [0.1, 0.15) is 5.75 Å². The van der Waals surface area contributed by atoms with E-state index in [9.17, 15) is 4.79 Å². The fraction of sp³-hybridized carbons (Fsp3) is 0.267. The highest BCUT2D eigenvalue weighted by Gasteiger charge is 2.09. The van der Waals surface area contributed by atoms with E-state index in [0.717, 1.165) is 16.3 Å². The Hall–Kier alpha value is -1.92. The first-order valence-corrected chi connectivity index (χ1v) is 7.83. The number of benzene rings is 1. The summed E-state index contributed by atoms with van der Waals surface area (Å²) in [4.78, 5) is 16.1. The van der Waals surface area contributed by atoms with Crippen molar-refractivity contribution in [3.8, 4) is 5.75 Å². The van der Waals surface area contributed by atoms with Gasteiger partial charge >= 0.3 is 0 Å². The molecule has 0 spiro atoms. The van der Waals surface area contributed by atoms with Crippen LogP contribution < -0.4 is 10.2 Å². The molecule has 1 aromatic heterocycles. The van der Waals surface area contributed by atoms with E-state index in [1.807, 2.05) is 12.3 Å².